The highest BCUT2D eigenvalue weighted by atomic mass is 32.1. The summed E-state index contributed by atoms with van der Waals surface area (Å²) in [5.41, 5.74) is 2.22. The lowest BCUT2D eigenvalue weighted by Crippen LogP contribution is -2.94. The van der Waals surface area contributed by atoms with Gasteiger partial charge in [0.25, 0.3) is 0 Å². The van der Waals surface area contributed by atoms with Gasteiger partial charge < -0.3 is 10.1 Å². The molecule has 4 rings (SSSR count). The lowest BCUT2D eigenvalue weighted by Gasteiger charge is -2.36. The number of benzene rings is 1. The van der Waals surface area contributed by atoms with Crippen molar-refractivity contribution >= 4 is 22.2 Å². The van der Waals surface area contributed by atoms with Crippen molar-refractivity contribution in [3.63, 3.8) is 0 Å². The Labute approximate surface area is 183 Å². The number of nitrogens with zero attached hydrogens (tertiary/aromatic N) is 1. The van der Waals surface area contributed by atoms with Crippen molar-refractivity contribution in [2.45, 2.75) is 38.3 Å². The minimum atomic E-state index is -0.0508. The lowest BCUT2D eigenvalue weighted by molar-refractivity contribution is -0.713. The molecule has 2 aromatic heterocycles. The molecule has 4 atom stereocenters. The Morgan fingerprint density at radius 1 is 1.30 bits per heavy atom. The maximum Gasteiger partial charge on any atom is 0.175 e. The number of quaternary nitrogens is 1. The zero-order chi connectivity index (χ0) is 20.9. The summed E-state index contributed by atoms with van der Waals surface area (Å²) in [7, 11) is 0. The Balaban J connectivity index is 1.65. The van der Waals surface area contributed by atoms with E-state index >= 15 is 0 Å². The first kappa shape index (κ1) is 20.8. The Kier molecular flexibility index (Phi) is 6.66. The van der Waals surface area contributed by atoms with Crippen LogP contribution in [0, 0.1) is 11.8 Å². The van der Waals surface area contributed by atoms with Crippen LogP contribution in [0.4, 0.5) is 0 Å². The molecule has 4 heteroatoms. The van der Waals surface area contributed by atoms with Gasteiger partial charge in [-0.15, -0.1) is 17.9 Å². The van der Waals surface area contributed by atoms with Gasteiger partial charge >= 0.3 is 0 Å². The van der Waals surface area contributed by atoms with Gasteiger partial charge in [-0.1, -0.05) is 50.3 Å². The van der Waals surface area contributed by atoms with Gasteiger partial charge in [-0.25, -0.2) is 0 Å². The Morgan fingerprint density at radius 3 is 2.93 bits per heavy atom. The minimum absolute atomic E-state index is 0.0508. The van der Waals surface area contributed by atoms with E-state index in [1.807, 2.05) is 12.3 Å². The number of allylic oxidation sites excluding steroid dienone is 1. The van der Waals surface area contributed by atoms with E-state index in [9.17, 15) is 0 Å². The number of rotatable bonds is 8. The third-order valence-electron chi connectivity index (χ3n) is 6.34. The summed E-state index contributed by atoms with van der Waals surface area (Å²) in [6.07, 6.45) is 7.03. The number of para-hydroxylation sites is 1. The van der Waals surface area contributed by atoms with Crippen LogP contribution in [0.2, 0.25) is 0 Å². The van der Waals surface area contributed by atoms with Gasteiger partial charge in [0.15, 0.2) is 6.10 Å². The number of ether oxygens (including phenoxy) is 1. The summed E-state index contributed by atoms with van der Waals surface area (Å²) in [4.78, 5) is 5.85. The van der Waals surface area contributed by atoms with Crippen LogP contribution in [-0.2, 0) is 11.2 Å². The number of hydrogen-bond acceptors (Lipinski definition) is 3. The number of nitrogens with two attached hydrogens (primary N) is 1. The highest BCUT2D eigenvalue weighted by Crippen LogP contribution is 2.35. The van der Waals surface area contributed by atoms with E-state index in [-0.39, 0.29) is 6.10 Å². The van der Waals surface area contributed by atoms with Crippen molar-refractivity contribution in [2.75, 3.05) is 6.54 Å². The SMILES string of the molecule is C=C[C@H]1C[NH2+][C@@H]([C@@H](OC(=C)Cc2cccs2)c2ccnc3ccccc23)C[C@@H]1CC. The molecule has 3 heterocycles. The number of aromatic nitrogens is 1. The maximum absolute atomic E-state index is 6.65. The van der Waals surface area contributed by atoms with Gasteiger partial charge in [-0.3, -0.25) is 4.98 Å². The predicted octanol–water partition coefficient (Wildman–Crippen LogP) is 5.27. The second-order valence-electron chi connectivity index (χ2n) is 8.19. The maximum atomic E-state index is 6.65. The quantitative estimate of drug-likeness (QED) is 0.399. The molecule has 0 unspecified atom stereocenters. The molecule has 1 saturated heterocycles. The fraction of sp³-hybridized carbons (Fsp3) is 0.346. The molecule has 3 aromatic rings. The molecule has 0 saturated carbocycles. The summed E-state index contributed by atoms with van der Waals surface area (Å²) in [5.74, 6) is 2.04. The van der Waals surface area contributed by atoms with Crippen LogP contribution >= 0.6 is 11.3 Å². The summed E-state index contributed by atoms with van der Waals surface area (Å²) in [6.45, 7) is 11.7. The monoisotopic (exact) mass is 419 g/mol. The van der Waals surface area contributed by atoms with Gasteiger partial charge in [-0.2, -0.15) is 0 Å². The third kappa shape index (κ3) is 4.50. The van der Waals surface area contributed by atoms with E-state index in [1.54, 1.807) is 11.3 Å². The van der Waals surface area contributed by atoms with Crippen molar-refractivity contribution in [3.8, 4) is 0 Å². The molecule has 156 valence electrons. The highest BCUT2D eigenvalue weighted by Gasteiger charge is 2.38. The van der Waals surface area contributed by atoms with E-state index in [0.29, 0.717) is 17.9 Å². The second-order valence-corrected chi connectivity index (χ2v) is 9.22. The zero-order valence-electron chi connectivity index (χ0n) is 17.7. The largest absolute Gasteiger partial charge is 0.484 e. The predicted molar refractivity (Wildman–Crippen MR) is 125 cm³/mol. The van der Waals surface area contributed by atoms with E-state index in [0.717, 1.165) is 30.7 Å². The zero-order valence-corrected chi connectivity index (χ0v) is 18.5. The van der Waals surface area contributed by atoms with Gasteiger partial charge in [0.1, 0.15) is 6.04 Å². The second kappa shape index (κ2) is 9.59. The Hall–Kier alpha value is -2.43. The normalized spacial score (nSPS) is 22.5. The Morgan fingerprint density at radius 2 is 2.17 bits per heavy atom. The molecule has 1 aliphatic heterocycles. The highest BCUT2D eigenvalue weighted by molar-refractivity contribution is 7.09. The van der Waals surface area contributed by atoms with Crippen LogP contribution in [0.5, 0.6) is 0 Å². The van der Waals surface area contributed by atoms with Crippen LogP contribution in [0.3, 0.4) is 0 Å². The average molecular weight is 420 g/mol. The molecular weight excluding hydrogens is 388 g/mol. The van der Waals surface area contributed by atoms with Crippen molar-refractivity contribution in [3.05, 3.63) is 89.5 Å². The van der Waals surface area contributed by atoms with Gasteiger partial charge in [0.2, 0.25) is 0 Å². The molecule has 1 aliphatic rings. The van der Waals surface area contributed by atoms with Crippen molar-refractivity contribution in [1.29, 1.82) is 0 Å². The van der Waals surface area contributed by atoms with Crippen molar-refractivity contribution < 1.29 is 10.1 Å². The third-order valence-corrected chi connectivity index (χ3v) is 7.22. The van der Waals surface area contributed by atoms with Crippen LogP contribution in [0.15, 0.2) is 79.0 Å². The number of fused-ring (bicyclic) bond motifs is 1. The molecule has 2 N–H and O–H groups in total. The molecule has 0 amide bonds. The molecule has 3 nitrogen and oxygen atoms in total. The Bertz CT molecular complexity index is 992. The van der Waals surface area contributed by atoms with Crippen molar-refractivity contribution in [2.24, 2.45) is 11.8 Å². The average Bonchev–Trinajstić information content (AvgIpc) is 3.29. The van der Waals surface area contributed by atoms with Gasteiger partial charge in [0.05, 0.1) is 17.8 Å². The number of piperidine rings is 1. The summed E-state index contributed by atoms with van der Waals surface area (Å²) < 4.78 is 6.65. The van der Waals surface area contributed by atoms with E-state index in [4.69, 9.17) is 4.74 Å². The molecular formula is C26H31N2OS+. The van der Waals surface area contributed by atoms with Crippen LogP contribution in [0.1, 0.15) is 36.3 Å². The molecule has 1 aromatic carbocycles. The fourth-order valence-corrected chi connectivity index (χ4v) is 5.46. The molecule has 30 heavy (non-hydrogen) atoms. The topological polar surface area (TPSA) is 38.7 Å². The number of hydrogen-bond donors (Lipinski definition) is 1. The lowest BCUT2D eigenvalue weighted by atomic mass is 9.79. The molecule has 0 spiro atoms. The van der Waals surface area contributed by atoms with E-state index in [2.05, 4.69) is 78.2 Å². The number of pyridine rings is 1. The molecule has 0 bridgehead atoms. The van der Waals surface area contributed by atoms with Crippen LogP contribution < -0.4 is 5.32 Å². The van der Waals surface area contributed by atoms with Gasteiger partial charge in [-0.05, 0) is 29.5 Å². The van der Waals surface area contributed by atoms with Crippen molar-refractivity contribution in [1.82, 2.24) is 4.98 Å². The molecule has 1 fully saturated rings. The first-order valence-electron chi connectivity index (χ1n) is 10.9. The molecule has 0 radical (unpaired) electrons. The van der Waals surface area contributed by atoms with E-state index in [1.165, 1.54) is 22.2 Å². The molecule has 0 aliphatic carbocycles. The first-order valence-corrected chi connectivity index (χ1v) is 11.7. The summed E-state index contributed by atoms with van der Waals surface area (Å²) in [5, 5.41) is 5.73. The number of thiophene rings is 1. The van der Waals surface area contributed by atoms with E-state index < -0.39 is 0 Å². The van der Waals surface area contributed by atoms with Crippen LogP contribution in [0.25, 0.3) is 10.9 Å². The summed E-state index contributed by atoms with van der Waals surface area (Å²) in [6, 6.07) is 15.0. The van der Waals surface area contributed by atoms with Crippen LogP contribution in [-0.4, -0.2) is 17.6 Å². The smallest absolute Gasteiger partial charge is 0.175 e. The first-order chi connectivity index (χ1) is 14.7. The summed E-state index contributed by atoms with van der Waals surface area (Å²) >= 11 is 1.75. The standard InChI is InChI=1S/C26H30N2OS/c1-4-19-16-25(28-17-20(19)5-2)26(29-18(3)15-21-9-8-14-30-21)23-12-13-27-24-11-7-6-10-22(23)24/h5-14,19-20,25-26,28H,2-4,15-17H2,1H3/p+1/t19-,20-,25+,26-/m0/s1. The van der Waals surface area contributed by atoms with Gasteiger partial charge in [0, 0.05) is 40.8 Å². The fourth-order valence-electron chi connectivity index (χ4n) is 4.73. The minimum Gasteiger partial charge on any atom is -0.484 e.